The molecule has 0 unspecified atom stereocenters. The van der Waals surface area contributed by atoms with E-state index in [-0.39, 0.29) is 17.8 Å². The number of fused-ring (bicyclic) bond motifs is 2. The van der Waals surface area contributed by atoms with E-state index in [0.29, 0.717) is 12.6 Å². The van der Waals surface area contributed by atoms with Gasteiger partial charge in [0.25, 0.3) is 0 Å². The summed E-state index contributed by atoms with van der Waals surface area (Å²) in [6.07, 6.45) is 0.344. The van der Waals surface area contributed by atoms with Crippen molar-refractivity contribution in [2.45, 2.75) is 30.8 Å². The second-order valence-corrected chi connectivity index (χ2v) is 3.88. The summed E-state index contributed by atoms with van der Waals surface area (Å²) in [6.45, 7) is 3.49. The lowest BCUT2D eigenvalue weighted by Crippen LogP contribution is -2.47. The van der Waals surface area contributed by atoms with Crippen LogP contribution < -0.4 is 5.32 Å². The number of methoxy groups -OCH3 is 2. The van der Waals surface area contributed by atoms with Gasteiger partial charge in [-0.3, -0.25) is 0 Å². The minimum Gasteiger partial charge on any atom is -0.382 e. The molecular weight excluding hydrogens is 170 g/mol. The lowest BCUT2D eigenvalue weighted by atomic mass is 9.99. The second-order valence-electron chi connectivity index (χ2n) is 3.88. The molecule has 0 aromatic carbocycles. The van der Waals surface area contributed by atoms with Crippen LogP contribution >= 0.6 is 0 Å². The van der Waals surface area contributed by atoms with Gasteiger partial charge in [-0.05, 0) is 6.92 Å². The molecule has 4 nitrogen and oxygen atoms in total. The molecule has 2 aliphatic heterocycles. The van der Waals surface area contributed by atoms with E-state index in [1.807, 2.05) is 0 Å². The molecule has 2 saturated heterocycles. The van der Waals surface area contributed by atoms with Gasteiger partial charge in [-0.1, -0.05) is 0 Å². The molecule has 2 heterocycles. The molecule has 2 aliphatic rings. The van der Waals surface area contributed by atoms with E-state index in [1.165, 1.54) is 0 Å². The molecule has 0 spiro atoms. The average molecular weight is 187 g/mol. The summed E-state index contributed by atoms with van der Waals surface area (Å²) in [5.41, 5.74) is -0.256. The van der Waals surface area contributed by atoms with Crippen LogP contribution in [0.1, 0.15) is 6.92 Å². The summed E-state index contributed by atoms with van der Waals surface area (Å²) in [6, 6.07) is 0.320. The third-order valence-corrected chi connectivity index (χ3v) is 3.05. The first-order valence-corrected chi connectivity index (χ1v) is 4.66. The Labute approximate surface area is 78.5 Å². The van der Waals surface area contributed by atoms with Gasteiger partial charge in [0.1, 0.15) is 11.7 Å². The summed E-state index contributed by atoms with van der Waals surface area (Å²) < 4.78 is 16.5. The van der Waals surface area contributed by atoms with Crippen molar-refractivity contribution in [3.63, 3.8) is 0 Å². The molecule has 0 aliphatic carbocycles. The Morgan fingerprint density at radius 3 is 2.85 bits per heavy atom. The van der Waals surface area contributed by atoms with Crippen LogP contribution in [0, 0.1) is 0 Å². The van der Waals surface area contributed by atoms with Crippen molar-refractivity contribution >= 4 is 0 Å². The van der Waals surface area contributed by atoms with Gasteiger partial charge in [-0.2, -0.15) is 0 Å². The van der Waals surface area contributed by atoms with Crippen molar-refractivity contribution in [1.82, 2.24) is 5.32 Å². The fraction of sp³-hybridized carbons (Fsp3) is 1.00. The van der Waals surface area contributed by atoms with Crippen molar-refractivity contribution in [3.05, 3.63) is 0 Å². The molecule has 4 heteroatoms. The van der Waals surface area contributed by atoms with Crippen LogP contribution in [0.25, 0.3) is 0 Å². The number of hydrogen-bond acceptors (Lipinski definition) is 4. The van der Waals surface area contributed by atoms with Gasteiger partial charge in [0, 0.05) is 20.8 Å². The number of ether oxygens (including phenoxy) is 3. The maximum Gasteiger partial charge on any atom is 0.132 e. The SMILES string of the molecule is COC[C@@]12CN[C@H]([C@H](C)O1)[C@H]2OC. The monoisotopic (exact) mass is 187 g/mol. The molecule has 0 saturated carbocycles. The Morgan fingerprint density at radius 2 is 2.31 bits per heavy atom. The van der Waals surface area contributed by atoms with Gasteiger partial charge in [0.05, 0.1) is 18.8 Å². The first-order valence-electron chi connectivity index (χ1n) is 4.66. The van der Waals surface area contributed by atoms with Crippen LogP contribution in [-0.2, 0) is 14.2 Å². The number of rotatable bonds is 3. The van der Waals surface area contributed by atoms with Gasteiger partial charge in [-0.15, -0.1) is 0 Å². The van der Waals surface area contributed by atoms with Crippen molar-refractivity contribution in [2.24, 2.45) is 0 Å². The van der Waals surface area contributed by atoms with Gasteiger partial charge >= 0.3 is 0 Å². The molecule has 0 aromatic heterocycles. The molecule has 1 N–H and O–H groups in total. The number of morpholine rings is 1. The zero-order valence-electron chi connectivity index (χ0n) is 8.37. The number of hydrogen-bond donors (Lipinski definition) is 1. The Hall–Kier alpha value is -0.160. The maximum absolute atomic E-state index is 5.88. The van der Waals surface area contributed by atoms with Gasteiger partial charge in [0.2, 0.25) is 0 Å². The van der Waals surface area contributed by atoms with Crippen LogP contribution in [0.2, 0.25) is 0 Å². The molecule has 0 aromatic rings. The molecule has 4 atom stereocenters. The Morgan fingerprint density at radius 1 is 1.54 bits per heavy atom. The highest BCUT2D eigenvalue weighted by Gasteiger charge is 2.59. The van der Waals surface area contributed by atoms with Crippen LogP contribution in [0.4, 0.5) is 0 Å². The third-order valence-electron chi connectivity index (χ3n) is 3.05. The van der Waals surface area contributed by atoms with Gasteiger partial charge in [0.15, 0.2) is 0 Å². The molecule has 76 valence electrons. The summed E-state index contributed by atoms with van der Waals surface area (Å²) in [7, 11) is 3.43. The maximum atomic E-state index is 5.88. The van der Waals surface area contributed by atoms with Crippen molar-refractivity contribution in [3.8, 4) is 0 Å². The highest BCUT2D eigenvalue weighted by atomic mass is 16.6. The van der Waals surface area contributed by atoms with E-state index in [9.17, 15) is 0 Å². The minimum atomic E-state index is -0.256. The molecule has 0 amide bonds. The normalized spacial score (nSPS) is 48.7. The Bertz CT molecular complexity index is 199. The van der Waals surface area contributed by atoms with Gasteiger partial charge < -0.3 is 19.5 Å². The molecule has 2 bridgehead atoms. The van der Waals surface area contributed by atoms with Gasteiger partial charge in [-0.25, -0.2) is 0 Å². The minimum absolute atomic E-state index is 0.127. The molecule has 2 rings (SSSR count). The zero-order chi connectivity index (χ0) is 9.47. The predicted octanol–water partition coefficient (Wildman–Crippen LogP) is -0.223. The van der Waals surface area contributed by atoms with Crippen molar-refractivity contribution < 1.29 is 14.2 Å². The fourth-order valence-corrected chi connectivity index (χ4v) is 2.56. The summed E-state index contributed by atoms with van der Waals surface area (Å²) in [5, 5.41) is 3.40. The quantitative estimate of drug-likeness (QED) is 0.663. The summed E-state index contributed by atoms with van der Waals surface area (Å²) in [4.78, 5) is 0. The predicted molar refractivity (Wildman–Crippen MR) is 47.7 cm³/mol. The van der Waals surface area contributed by atoms with E-state index >= 15 is 0 Å². The Balaban J connectivity index is 2.17. The molecule has 13 heavy (non-hydrogen) atoms. The summed E-state index contributed by atoms with van der Waals surface area (Å²) >= 11 is 0. The van der Waals surface area contributed by atoms with Crippen LogP contribution in [0.3, 0.4) is 0 Å². The van der Waals surface area contributed by atoms with Crippen molar-refractivity contribution in [2.75, 3.05) is 27.4 Å². The van der Waals surface area contributed by atoms with Crippen molar-refractivity contribution in [1.29, 1.82) is 0 Å². The highest BCUT2D eigenvalue weighted by Crippen LogP contribution is 2.37. The highest BCUT2D eigenvalue weighted by molar-refractivity contribution is 5.12. The van der Waals surface area contributed by atoms with Crippen LogP contribution in [-0.4, -0.2) is 51.2 Å². The lowest BCUT2D eigenvalue weighted by Gasteiger charge is -2.30. The Kier molecular flexibility index (Phi) is 2.32. The average Bonchev–Trinajstić information content (AvgIpc) is 2.55. The van der Waals surface area contributed by atoms with E-state index in [0.717, 1.165) is 6.54 Å². The largest absolute Gasteiger partial charge is 0.382 e. The topological polar surface area (TPSA) is 39.7 Å². The lowest BCUT2D eigenvalue weighted by molar-refractivity contribution is -0.118. The van der Waals surface area contributed by atoms with E-state index in [4.69, 9.17) is 14.2 Å². The summed E-state index contributed by atoms with van der Waals surface area (Å²) in [5.74, 6) is 0. The fourth-order valence-electron chi connectivity index (χ4n) is 2.56. The molecule has 2 fully saturated rings. The van der Waals surface area contributed by atoms with E-state index < -0.39 is 0 Å². The third kappa shape index (κ3) is 1.21. The first kappa shape index (κ1) is 9.40. The number of nitrogens with one attached hydrogen (secondary N) is 1. The van der Waals surface area contributed by atoms with Crippen LogP contribution in [0.15, 0.2) is 0 Å². The smallest absolute Gasteiger partial charge is 0.132 e. The second kappa shape index (κ2) is 3.20. The van der Waals surface area contributed by atoms with E-state index in [1.54, 1.807) is 14.2 Å². The molecular formula is C9H17NO3. The zero-order valence-corrected chi connectivity index (χ0v) is 8.37. The van der Waals surface area contributed by atoms with E-state index in [2.05, 4.69) is 12.2 Å². The first-order chi connectivity index (χ1) is 6.23. The van der Waals surface area contributed by atoms with Crippen LogP contribution in [0.5, 0.6) is 0 Å². The molecule has 0 radical (unpaired) electrons. The standard InChI is InChI=1S/C9H17NO3/c1-6-7-8(12-3)9(13-6,4-10-7)5-11-2/h6-8,10H,4-5H2,1-3H3/t6-,7+,8+,9+/m0/s1.